The minimum Gasteiger partial charge on any atom is -0.434 e. The normalized spacial score (nSPS) is 10.6. The molecule has 2 rings (SSSR count). The van der Waals surface area contributed by atoms with Crippen LogP contribution in [0.1, 0.15) is 27.8 Å². The third-order valence-electron chi connectivity index (χ3n) is 3.18. The van der Waals surface area contributed by atoms with Gasteiger partial charge in [0.25, 0.3) is 11.8 Å². The molecule has 1 aromatic carbocycles. The molecule has 0 unspecified atom stereocenters. The summed E-state index contributed by atoms with van der Waals surface area (Å²) in [4.78, 5) is 24.4. The first-order valence-electron chi connectivity index (χ1n) is 7.21. The minimum atomic E-state index is -3.07. The summed E-state index contributed by atoms with van der Waals surface area (Å²) >= 11 is 3.18. The number of alkyl halides is 2. The molecule has 7 nitrogen and oxygen atoms in total. The van der Waals surface area contributed by atoms with E-state index >= 15 is 0 Å². The van der Waals surface area contributed by atoms with Crippen LogP contribution in [0.3, 0.4) is 0 Å². The second-order valence-electron chi connectivity index (χ2n) is 4.80. The molecule has 1 aromatic heterocycles. The molecule has 0 aliphatic carbocycles. The molecule has 2 aromatic rings. The van der Waals surface area contributed by atoms with Crippen molar-refractivity contribution in [3.05, 3.63) is 40.1 Å². The van der Waals surface area contributed by atoms with Crippen LogP contribution in [-0.4, -0.2) is 35.3 Å². The van der Waals surface area contributed by atoms with Crippen molar-refractivity contribution in [1.29, 1.82) is 0 Å². The molecule has 0 spiro atoms. The number of benzene rings is 1. The Morgan fingerprint density at radius 3 is 2.68 bits per heavy atom. The number of ether oxygens (including phenoxy) is 1. The second-order valence-corrected chi connectivity index (χ2v) is 5.71. The number of nitrogens with zero attached hydrogens (tertiary/aromatic N) is 2. The number of hydrogen-bond donors (Lipinski definition) is 2. The van der Waals surface area contributed by atoms with Gasteiger partial charge in [-0.1, -0.05) is 15.9 Å². The fraction of sp³-hybridized carbons (Fsp3) is 0.267. The fourth-order valence-electron chi connectivity index (χ4n) is 2.03. The predicted octanol–water partition coefficient (Wildman–Crippen LogP) is 2.88. The molecule has 134 valence electrons. The van der Waals surface area contributed by atoms with Gasteiger partial charge in [-0.15, -0.1) is 0 Å². The number of aromatic nitrogens is 2. The highest BCUT2D eigenvalue weighted by Crippen LogP contribution is 2.26. The van der Waals surface area contributed by atoms with Crippen molar-refractivity contribution in [2.24, 2.45) is 0 Å². The SMILES string of the molecule is CCn1cc(NC(=O)c2cc(Br)ccc2OC(F)F)c(C(=O)NC)n1. The van der Waals surface area contributed by atoms with E-state index < -0.39 is 18.4 Å². The van der Waals surface area contributed by atoms with Gasteiger partial charge in [0.15, 0.2) is 5.69 Å². The molecule has 1 heterocycles. The van der Waals surface area contributed by atoms with E-state index in [9.17, 15) is 18.4 Å². The summed E-state index contributed by atoms with van der Waals surface area (Å²) in [6, 6.07) is 4.07. The number of halogens is 3. The summed E-state index contributed by atoms with van der Waals surface area (Å²) in [7, 11) is 1.43. The largest absolute Gasteiger partial charge is 0.434 e. The van der Waals surface area contributed by atoms with Gasteiger partial charge in [-0.05, 0) is 25.1 Å². The second kappa shape index (κ2) is 8.06. The van der Waals surface area contributed by atoms with E-state index in [4.69, 9.17) is 0 Å². The smallest absolute Gasteiger partial charge is 0.387 e. The molecule has 2 amide bonds. The zero-order valence-corrected chi connectivity index (χ0v) is 14.9. The van der Waals surface area contributed by atoms with Crippen LogP contribution in [-0.2, 0) is 6.54 Å². The van der Waals surface area contributed by atoms with Crippen LogP contribution >= 0.6 is 15.9 Å². The van der Waals surface area contributed by atoms with Crippen molar-refractivity contribution in [3.63, 3.8) is 0 Å². The lowest BCUT2D eigenvalue weighted by Crippen LogP contribution is -2.22. The molecule has 0 radical (unpaired) electrons. The van der Waals surface area contributed by atoms with E-state index in [-0.39, 0.29) is 22.7 Å². The zero-order chi connectivity index (χ0) is 18.6. The maximum atomic E-state index is 12.5. The Hall–Kier alpha value is -2.49. The Morgan fingerprint density at radius 1 is 1.36 bits per heavy atom. The molecule has 10 heteroatoms. The molecule has 0 saturated heterocycles. The summed E-state index contributed by atoms with van der Waals surface area (Å²) in [5.74, 6) is -1.47. The highest BCUT2D eigenvalue weighted by molar-refractivity contribution is 9.10. The quantitative estimate of drug-likeness (QED) is 0.757. The Labute approximate surface area is 150 Å². The monoisotopic (exact) mass is 416 g/mol. The third-order valence-corrected chi connectivity index (χ3v) is 3.67. The summed E-state index contributed by atoms with van der Waals surface area (Å²) in [5, 5.41) is 8.99. The van der Waals surface area contributed by atoms with Gasteiger partial charge in [0, 0.05) is 24.3 Å². The van der Waals surface area contributed by atoms with E-state index in [1.54, 1.807) is 0 Å². The van der Waals surface area contributed by atoms with Crippen LogP contribution in [0.15, 0.2) is 28.9 Å². The molecule has 0 bridgehead atoms. The van der Waals surface area contributed by atoms with Crippen molar-refractivity contribution in [1.82, 2.24) is 15.1 Å². The van der Waals surface area contributed by atoms with E-state index in [0.29, 0.717) is 11.0 Å². The van der Waals surface area contributed by atoms with Crippen LogP contribution in [0.5, 0.6) is 5.75 Å². The molecular formula is C15H15BrF2N4O3. The highest BCUT2D eigenvalue weighted by atomic mass is 79.9. The Bertz CT molecular complexity index is 795. The predicted molar refractivity (Wildman–Crippen MR) is 90.0 cm³/mol. The molecule has 0 atom stereocenters. The topological polar surface area (TPSA) is 85.2 Å². The summed E-state index contributed by atoms with van der Waals surface area (Å²) in [5.41, 5.74) is 0.0694. The van der Waals surface area contributed by atoms with Crippen LogP contribution < -0.4 is 15.4 Å². The van der Waals surface area contributed by atoms with E-state index in [0.717, 1.165) is 0 Å². The van der Waals surface area contributed by atoms with E-state index in [1.807, 2.05) is 6.92 Å². The maximum absolute atomic E-state index is 12.5. The van der Waals surface area contributed by atoms with Gasteiger partial charge in [0.1, 0.15) is 5.75 Å². The lowest BCUT2D eigenvalue weighted by Gasteiger charge is -2.11. The Balaban J connectivity index is 2.36. The number of carbonyl (C=O) groups excluding carboxylic acids is 2. The number of aryl methyl sites for hydroxylation is 1. The van der Waals surface area contributed by atoms with Gasteiger partial charge in [0.2, 0.25) is 0 Å². The molecule has 25 heavy (non-hydrogen) atoms. The van der Waals surface area contributed by atoms with Gasteiger partial charge in [-0.3, -0.25) is 14.3 Å². The standard InChI is InChI=1S/C15H15BrF2N4O3/c1-3-22-7-10(12(21-22)14(24)19-2)20-13(23)9-6-8(16)4-5-11(9)25-15(17)18/h4-7,15H,3H2,1-2H3,(H,19,24)(H,20,23). The van der Waals surface area contributed by atoms with Gasteiger partial charge in [-0.2, -0.15) is 13.9 Å². The number of rotatable bonds is 6. The van der Waals surface area contributed by atoms with E-state index in [2.05, 4.69) is 36.4 Å². The molecule has 0 saturated carbocycles. The molecular weight excluding hydrogens is 402 g/mol. The zero-order valence-electron chi connectivity index (χ0n) is 13.3. The van der Waals surface area contributed by atoms with Crippen LogP contribution in [0.25, 0.3) is 0 Å². The lowest BCUT2D eigenvalue weighted by molar-refractivity contribution is -0.0501. The number of nitrogens with one attached hydrogen (secondary N) is 2. The highest BCUT2D eigenvalue weighted by Gasteiger charge is 2.21. The molecule has 0 fully saturated rings. The Kier molecular flexibility index (Phi) is 6.07. The lowest BCUT2D eigenvalue weighted by atomic mass is 10.2. The van der Waals surface area contributed by atoms with Crippen LogP contribution in [0.4, 0.5) is 14.5 Å². The van der Waals surface area contributed by atoms with Crippen molar-refractivity contribution < 1.29 is 23.1 Å². The number of anilines is 1. The number of carbonyl (C=O) groups is 2. The maximum Gasteiger partial charge on any atom is 0.387 e. The minimum absolute atomic E-state index is 0.0176. The van der Waals surface area contributed by atoms with Crippen molar-refractivity contribution in [2.75, 3.05) is 12.4 Å². The van der Waals surface area contributed by atoms with Crippen LogP contribution in [0, 0.1) is 0 Å². The molecule has 2 N–H and O–H groups in total. The summed E-state index contributed by atoms with van der Waals surface area (Å²) in [6.07, 6.45) is 1.48. The first-order valence-corrected chi connectivity index (χ1v) is 8.00. The number of amides is 2. The first kappa shape index (κ1) is 18.8. The van der Waals surface area contributed by atoms with E-state index in [1.165, 1.54) is 36.1 Å². The van der Waals surface area contributed by atoms with Crippen molar-refractivity contribution in [3.8, 4) is 5.75 Å². The molecule has 0 aliphatic heterocycles. The van der Waals surface area contributed by atoms with Gasteiger partial charge in [0.05, 0.1) is 11.3 Å². The summed E-state index contributed by atoms with van der Waals surface area (Å²) < 4.78 is 31.4. The number of hydrogen-bond acceptors (Lipinski definition) is 4. The molecule has 0 aliphatic rings. The van der Waals surface area contributed by atoms with Gasteiger partial charge in [-0.25, -0.2) is 0 Å². The average molecular weight is 417 g/mol. The average Bonchev–Trinajstić information content (AvgIpc) is 2.98. The van der Waals surface area contributed by atoms with Crippen molar-refractivity contribution in [2.45, 2.75) is 20.1 Å². The van der Waals surface area contributed by atoms with Gasteiger partial charge >= 0.3 is 6.61 Å². The summed E-state index contributed by atoms with van der Waals surface area (Å²) in [6.45, 7) is -0.775. The van der Waals surface area contributed by atoms with Crippen molar-refractivity contribution >= 4 is 33.4 Å². The van der Waals surface area contributed by atoms with Crippen LogP contribution in [0.2, 0.25) is 0 Å². The Morgan fingerprint density at radius 2 is 2.08 bits per heavy atom. The first-order chi connectivity index (χ1) is 11.8. The fourth-order valence-corrected chi connectivity index (χ4v) is 2.39. The third kappa shape index (κ3) is 4.53. The van der Waals surface area contributed by atoms with Gasteiger partial charge < -0.3 is 15.4 Å².